The first-order valence-corrected chi connectivity index (χ1v) is 10.2. The molecule has 1 saturated heterocycles. The molecule has 0 radical (unpaired) electrons. The van der Waals surface area contributed by atoms with Gasteiger partial charge in [-0.25, -0.2) is 14.2 Å². The molecule has 1 aromatic heterocycles. The Bertz CT molecular complexity index is 1090. The van der Waals surface area contributed by atoms with E-state index in [9.17, 15) is 14.0 Å². The summed E-state index contributed by atoms with van der Waals surface area (Å²) in [6.07, 6.45) is 0.689. The minimum absolute atomic E-state index is 0.0599. The molecule has 1 atom stereocenters. The lowest BCUT2D eigenvalue weighted by atomic mass is 9.92. The number of nitrogens with zero attached hydrogens (tertiary/aromatic N) is 2. The number of carbonyl (C=O) groups is 2. The lowest BCUT2D eigenvalue weighted by Crippen LogP contribution is -2.41. The first kappa shape index (κ1) is 19.5. The maximum atomic E-state index is 13.4. The summed E-state index contributed by atoms with van der Waals surface area (Å²) >= 11 is 7.61. The zero-order valence-corrected chi connectivity index (χ0v) is 17.1. The second-order valence-corrected chi connectivity index (χ2v) is 8.32. The number of carbonyl (C=O) groups excluding carboxylic acids is 2. The van der Waals surface area contributed by atoms with Crippen LogP contribution < -0.4 is 5.32 Å². The Labute approximate surface area is 176 Å². The maximum absolute atomic E-state index is 13.4. The highest BCUT2D eigenvalue weighted by molar-refractivity contribution is 7.09. The summed E-state index contributed by atoms with van der Waals surface area (Å²) in [6.45, 7) is 1.62. The third kappa shape index (κ3) is 3.75. The number of urea groups is 1. The quantitative estimate of drug-likeness (QED) is 0.607. The van der Waals surface area contributed by atoms with Gasteiger partial charge in [0, 0.05) is 22.4 Å². The van der Waals surface area contributed by atoms with Crippen molar-refractivity contribution >= 4 is 34.9 Å². The van der Waals surface area contributed by atoms with Gasteiger partial charge >= 0.3 is 6.03 Å². The van der Waals surface area contributed by atoms with Crippen molar-refractivity contribution in [2.24, 2.45) is 0 Å². The number of amides is 3. The molecule has 0 bridgehead atoms. The SMILES string of the molecule is CC1(c2ccc(F)cc2Cl)NC(=O)N(Cc2csc(Cc3ccccc3)n2)C1=O. The van der Waals surface area contributed by atoms with Crippen molar-refractivity contribution in [1.82, 2.24) is 15.2 Å². The van der Waals surface area contributed by atoms with Crippen LogP contribution in [0.1, 0.15) is 28.8 Å². The Morgan fingerprint density at radius 1 is 1.21 bits per heavy atom. The van der Waals surface area contributed by atoms with Crippen LogP contribution in [0.3, 0.4) is 0 Å². The first-order chi connectivity index (χ1) is 13.9. The van der Waals surface area contributed by atoms with Gasteiger partial charge in [-0.15, -0.1) is 11.3 Å². The third-order valence-electron chi connectivity index (χ3n) is 4.86. The molecule has 3 aromatic rings. The molecule has 1 fully saturated rings. The number of aromatic nitrogens is 1. The topological polar surface area (TPSA) is 62.3 Å². The molecule has 1 N–H and O–H groups in total. The Morgan fingerprint density at radius 3 is 2.69 bits per heavy atom. The van der Waals surface area contributed by atoms with Gasteiger partial charge in [0.15, 0.2) is 0 Å². The number of nitrogens with one attached hydrogen (secondary N) is 1. The van der Waals surface area contributed by atoms with Crippen molar-refractivity contribution in [3.63, 3.8) is 0 Å². The monoisotopic (exact) mass is 429 g/mol. The fourth-order valence-electron chi connectivity index (χ4n) is 3.35. The maximum Gasteiger partial charge on any atom is 0.325 e. The number of benzene rings is 2. The van der Waals surface area contributed by atoms with Crippen LogP contribution in [0, 0.1) is 5.82 Å². The minimum Gasteiger partial charge on any atom is -0.319 e. The standard InChI is InChI=1S/C21H17ClFN3O2S/c1-21(16-8-7-14(23)10-17(16)22)19(27)26(20(28)25-21)11-15-12-29-18(24-15)9-13-5-3-2-4-6-13/h2-8,10,12H,9,11H2,1H3,(H,25,28). The average molecular weight is 430 g/mol. The molecule has 3 amide bonds. The molecule has 0 aliphatic carbocycles. The van der Waals surface area contributed by atoms with Gasteiger partial charge in [0.05, 0.1) is 17.2 Å². The molecule has 29 heavy (non-hydrogen) atoms. The molecule has 5 nitrogen and oxygen atoms in total. The van der Waals surface area contributed by atoms with Crippen molar-refractivity contribution in [3.05, 3.63) is 86.6 Å². The van der Waals surface area contributed by atoms with Gasteiger partial charge in [0.25, 0.3) is 5.91 Å². The van der Waals surface area contributed by atoms with Crippen molar-refractivity contribution < 1.29 is 14.0 Å². The van der Waals surface area contributed by atoms with Crippen LogP contribution in [0.25, 0.3) is 0 Å². The molecule has 4 rings (SSSR count). The van der Waals surface area contributed by atoms with Crippen LogP contribution in [0.5, 0.6) is 0 Å². The van der Waals surface area contributed by atoms with Gasteiger partial charge in [-0.05, 0) is 24.6 Å². The number of imide groups is 1. The largest absolute Gasteiger partial charge is 0.325 e. The summed E-state index contributed by atoms with van der Waals surface area (Å²) in [5.41, 5.74) is 0.773. The predicted molar refractivity (Wildman–Crippen MR) is 109 cm³/mol. The molecule has 0 spiro atoms. The van der Waals surface area contributed by atoms with E-state index in [0.717, 1.165) is 21.5 Å². The summed E-state index contributed by atoms with van der Waals surface area (Å²) in [4.78, 5) is 31.2. The summed E-state index contributed by atoms with van der Waals surface area (Å²) < 4.78 is 13.4. The van der Waals surface area contributed by atoms with Crippen molar-refractivity contribution in [3.8, 4) is 0 Å². The van der Waals surface area contributed by atoms with Gasteiger partial charge < -0.3 is 5.32 Å². The highest BCUT2D eigenvalue weighted by atomic mass is 35.5. The zero-order valence-electron chi connectivity index (χ0n) is 15.5. The molecule has 8 heteroatoms. The summed E-state index contributed by atoms with van der Waals surface area (Å²) in [7, 11) is 0. The molecule has 1 aliphatic heterocycles. The lowest BCUT2D eigenvalue weighted by molar-refractivity contribution is -0.131. The highest BCUT2D eigenvalue weighted by Gasteiger charge is 2.50. The smallest absolute Gasteiger partial charge is 0.319 e. The van der Waals surface area contributed by atoms with Gasteiger partial charge in [-0.1, -0.05) is 48.0 Å². The Balaban J connectivity index is 1.53. The van der Waals surface area contributed by atoms with Crippen LogP contribution in [0.2, 0.25) is 5.02 Å². The van der Waals surface area contributed by atoms with Crippen LogP contribution in [-0.2, 0) is 23.3 Å². The number of rotatable bonds is 5. The third-order valence-corrected chi connectivity index (χ3v) is 6.07. The summed E-state index contributed by atoms with van der Waals surface area (Å²) in [5, 5.41) is 5.52. The number of hydrogen-bond acceptors (Lipinski definition) is 4. The van der Waals surface area contributed by atoms with E-state index in [2.05, 4.69) is 10.3 Å². The Hall–Kier alpha value is -2.77. The fourth-order valence-corrected chi connectivity index (χ4v) is 4.53. The average Bonchev–Trinajstić information content (AvgIpc) is 3.20. The van der Waals surface area contributed by atoms with E-state index in [-0.39, 0.29) is 11.6 Å². The number of hydrogen-bond donors (Lipinski definition) is 1. The molecule has 148 valence electrons. The summed E-state index contributed by atoms with van der Waals surface area (Å²) in [6, 6.07) is 13.2. The molecule has 2 heterocycles. The molecular weight excluding hydrogens is 413 g/mol. The zero-order chi connectivity index (χ0) is 20.6. The van der Waals surface area contributed by atoms with Crippen LogP contribution in [0.15, 0.2) is 53.9 Å². The van der Waals surface area contributed by atoms with Crippen LogP contribution in [-0.4, -0.2) is 21.8 Å². The Kier molecular flexibility index (Phi) is 5.10. The van der Waals surface area contributed by atoms with Gasteiger partial charge in [-0.2, -0.15) is 0 Å². The molecule has 1 unspecified atom stereocenters. The number of thiazole rings is 1. The van der Waals surface area contributed by atoms with E-state index in [4.69, 9.17) is 11.6 Å². The second kappa shape index (κ2) is 7.57. The first-order valence-electron chi connectivity index (χ1n) is 8.93. The molecule has 0 saturated carbocycles. The molecule has 1 aliphatic rings. The van der Waals surface area contributed by atoms with E-state index in [1.54, 1.807) is 6.92 Å². The van der Waals surface area contributed by atoms with E-state index < -0.39 is 23.3 Å². The van der Waals surface area contributed by atoms with Crippen molar-refractivity contribution in [2.75, 3.05) is 0 Å². The van der Waals surface area contributed by atoms with E-state index in [0.29, 0.717) is 17.7 Å². The van der Waals surface area contributed by atoms with Crippen molar-refractivity contribution in [2.45, 2.75) is 25.4 Å². The Morgan fingerprint density at radius 2 is 1.97 bits per heavy atom. The van der Waals surface area contributed by atoms with Crippen molar-refractivity contribution in [1.29, 1.82) is 0 Å². The van der Waals surface area contributed by atoms with Gasteiger partial charge in [0.1, 0.15) is 11.4 Å². The van der Waals surface area contributed by atoms with Crippen LogP contribution in [0.4, 0.5) is 9.18 Å². The second-order valence-electron chi connectivity index (χ2n) is 6.97. The van der Waals surface area contributed by atoms with Gasteiger partial charge in [-0.3, -0.25) is 9.69 Å². The number of halogens is 2. The van der Waals surface area contributed by atoms with Crippen LogP contribution >= 0.6 is 22.9 Å². The normalized spacial score (nSPS) is 18.9. The predicted octanol–water partition coefficient (Wildman–Crippen LogP) is 4.49. The lowest BCUT2D eigenvalue weighted by Gasteiger charge is -2.23. The van der Waals surface area contributed by atoms with E-state index in [1.807, 2.05) is 35.7 Å². The molecule has 2 aromatic carbocycles. The van der Waals surface area contributed by atoms with E-state index >= 15 is 0 Å². The highest BCUT2D eigenvalue weighted by Crippen LogP contribution is 2.34. The molecular formula is C21H17ClFN3O2S. The minimum atomic E-state index is -1.36. The fraction of sp³-hybridized carbons (Fsp3) is 0.190. The van der Waals surface area contributed by atoms with Gasteiger partial charge in [0.2, 0.25) is 0 Å². The van der Waals surface area contributed by atoms with E-state index in [1.165, 1.54) is 23.5 Å². The summed E-state index contributed by atoms with van der Waals surface area (Å²) in [5.74, 6) is -0.960.